The van der Waals surface area contributed by atoms with Gasteiger partial charge in [-0.1, -0.05) is 6.92 Å². The van der Waals surface area contributed by atoms with Gasteiger partial charge in [-0.3, -0.25) is 0 Å². The summed E-state index contributed by atoms with van der Waals surface area (Å²) in [5, 5.41) is 4.65. The van der Waals surface area contributed by atoms with Gasteiger partial charge < -0.3 is 11.1 Å². The van der Waals surface area contributed by atoms with Gasteiger partial charge in [-0.05, 0) is 37.2 Å². The number of rotatable bonds is 3. The normalized spacial score (nSPS) is 19.5. The molecule has 0 spiro atoms. The van der Waals surface area contributed by atoms with Crippen LogP contribution in [0.5, 0.6) is 0 Å². The van der Waals surface area contributed by atoms with Crippen LogP contribution in [-0.2, 0) is 0 Å². The molecule has 1 fully saturated rings. The lowest BCUT2D eigenvalue weighted by Crippen LogP contribution is -2.44. The van der Waals surface area contributed by atoms with Crippen molar-refractivity contribution >= 4 is 22.4 Å². The van der Waals surface area contributed by atoms with E-state index in [2.05, 4.69) is 16.6 Å². The summed E-state index contributed by atoms with van der Waals surface area (Å²) in [7, 11) is 0. The fourth-order valence-electron chi connectivity index (χ4n) is 1.78. The number of hydrogen-bond donors (Lipinski definition) is 2. The van der Waals surface area contributed by atoms with E-state index in [0.717, 1.165) is 5.00 Å². The van der Waals surface area contributed by atoms with Crippen LogP contribution in [0.15, 0.2) is 6.07 Å². The highest BCUT2D eigenvalue weighted by atomic mass is 32.1. The molecule has 1 aliphatic rings. The van der Waals surface area contributed by atoms with Gasteiger partial charge in [-0.2, -0.15) is 4.37 Å². The molecule has 1 saturated carbocycles. The molecular formula is C9H15N3S. The maximum atomic E-state index is 5.56. The molecule has 0 unspecified atom stereocenters. The molecule has 0 saturated heterocycles. The zero-order valence-electron chi connectivity index (χ0n) is 7.84. The molecule has 0 atom stereocenters. The number of nitrogens with two attached hydrogens (primary N) is 1. The van der Waals surface area contributed by atoms with Crippen molar-refractivity contribution < 1.29 is 0 Å². The van der Waals surface area contributed by atoms with Crippen molar-refractivity contribution in [1.82, 2.24) is 4.37 Å². The number of aromatic nitrogens is 1. The third kappa shape index (κ3) is 1.63. The Hall–Kier alpha value is -0.770. The molecule has 1 aromatic rings. The molecule has 4 heteroatoms. The Balaban J connectivity index is 2.04. The van der Waals surface area contributed by atoms with E-state index in [1.165, 1.54) is 37.2 Å². The van der Waals surface area contributed by atoms with Crippen molar-refractivity contribution in [3.05, 3.63) is 6.07 Å². The topological polar surface area (TPSA) is 50.9 Å². The van der Waals surface area contributed by atoms with E-state index >= 15 is 0 Å². The molecule has 3 nitrogen and oxygen atoms in total. The summed E-state index contributed by atoms with van der Waals surface area (Å²) in [6.45, 7) is 2.23. The lowest BCUT2D eigenvalue weighted by molar-refractivity contribution is 0.270. The van der Waals surface area contributed by atoms with E-state index in [4.69, 9.17) is 5.73 Å². The first kappa shape index (κ1) is 8.81. The average molecular weight is 197 g/mol. The van der Waals surface area contributed by atoms with Crippen molar-refractivity contribution in [3.8, 4) is 0 Å². The van der Waals surface area contributed by atoms with Crippen LogP contribution in [0.4, 0.5) is 10.8 Å². The van der Waals surface area contributed by atoms with Crippen LogP contribution >= 0.6 is 11.5 Å². The second kappa shape index (κ2) is 3.18. The first-order valence-corrected chi connectivity index (χ1v) is 5.52. The number of nitrogen functional groups attached to an aromatic ring is 1. The molecule has 0 radical (unpaired) electrons. The van der Waals surface area contributed by atoms with Gasteiger partial charge in [0.25, 0.3) is 0 Å². The second-order valence-electron chi connectivity index (χ2n) is 3.73. The molecule has 0 aliphatic heterocycles. The van der Waals surface area contributed by atoms with Gasteiger partial charge in [0, 0.05) is 11.6 Å². The van der Waals surface area contributed by atoms with Gasteiger partial charge in [0.2, 0.25) is 0 Å². The summed E-state index contributed by atoms with van der Waals surface area (Å²) in [5.74, 6) is 0.623. The number of nitrogens with zero attached hydrogens (tertiary/aromatic N) is 1. The standard InChI is InChI=1S/C9H15N3S/c1-2-9(4-3-5-9)11-8-6-7(10)12-13-8/h6,11H,2-5H2,1H3,(H2,10,12). The molecule has 72 valence electrons. The number of hydrogen-bond acceptors (Lipinski definition) is 4. The van der Waals surface area contributed by atoms with E-state index in [-0.39, 0.29) is 0 Å². The first-order chi connectivity index (χ1) is 6.24. The van der Waals surface area contributed by atoms with E-state index < -0.39 is 0 Å². The first-order valence-electron chi connectivity index (χ1n) is 4.74. The highest BCUT2D eigenvalue weighted by molar-refractivity contribution is 7.10. The minimum Gasteiger partial charge on any atom is -0.383 e. The Morgan fingerprint density at radius 1 is 1.69 bits per heavy atom. The zero-order chi connectivity index (χ0) is 9.31. The molecule has 1 heterocycles. The molecule has 0 aromatic carbocycles. The fraction of sp³-hybridized carbons (Fsp3) is 0.667. The summed E-state index contributed by atoms with van der Waals surface area (Å²) in [5.41, 5.74) is 5.90. The van der Waals surface area contributed by atoms with Gasteiger partial charge in [0.05, 0.1) is 0 Å². The molecule has 13 heavy (non-hydrogen) atoms. The third-order valence-electron chi connectivity index (χ3n) is 2.90. The van der Waals surface area contributed by atoms with Crippen molar-refractivity contribution in [3.63, 3.8) is 0 Å². The smallest absolute Gasteiger partial charge is 0.139 e. The third-order valence-corrected chi connectivity index (χ3v) is 3.62. The number of nitrogens with one attached hydrogen (secondary N) is 1. The van der Waals surface area contributed by atoms with Crippen LogP contribution in [0.2, 0.25) is 0 Å². The van der Waals surface area contributed by atoms with Crippen molar-refractivity contribution in [2.75, 3.05) is 11.1 Å². The summed E-state index contributed by atoms with van der Waals surface area (Å²) >= 11 is 1.45. The summed E-state index contributed by atoms with van der Waals surface area (Å²) < 4.78 is 4.05. The van der Waals surface area contributed by atoms with Gasteiger partial charge in [0.15, 0.2) is 0 Å². The molecular weight excluding hydrogens is 182 g/mol. The Morgan fingerprint density at radius 2 is 2.46 bits per heavy atom. The Morgan fingerprint density at radius 3 is 2.85 bits per heavy atom. The summed E-state index contributed by atoms with van der Waals surface area (Å²) in [4.78, 5) is 0. The largest absolute Gasteiger partial charge is 0.383 e. The van der Waals surface area contributed by atoms with Gasteiger partial charge >= 0.3 is 0 Å². The van der Waals surface area contributed by atoms with Crippen LogP contribution in [-0.4, -0.2) is 9.91 Å². The quantitative estimate of drug-likeness (QED) is 0.782. The monoisotopic (exact) mass is 197 g/mol. The van der Waals surface area contributed by atoms with Gasteiger partial charge in [-0.15, -0.1) is 0 Å². The van der Waals surface area contributed by atoms with Crippen molar-refractivity contribution in [2.45, 2.75) is 38.1 Å². The molecule has 3 N–H and O–H groups in total. The molecule has 2 rings (SSSR count). The van der Waals surface area contributed by atoms with Gasteiger partial charge in [-0.25, -0.2) is 0 Å². The molecule has 0 amide bonds. The second-order valence-corrected chi connectivity index (χ2v) is 4.53. The van der Waals surface area contributed by atoms with Crippen molar-refractivity contribution in [1.29, 1.82) is 0 Å². The van der Waals surface area contributed by atoms with Crippen LogP contribution in [0.1, 0.15) is 32.6 Å². The predicted molar refractivity (Wildman–Crippen MR) is 57.0 cm³/mol. The minimum absolute atomic E-state index is 0.346. The molecule has 0 bridgehead atoms. The summed E-state index contributed by atoms with van der Waals surface area (Å²) in [6.07, 6.45) is 5.09. The van der Waals surface area contributed by atoms with Crippen molar-refractivity contribution in [2.24, 2.45) is 0 Å². The lowest BCUT2D eigenvalue weighted by Gasteiger charge is -2.42. The van der Waals surface area contributed by atoms with E-state index in [9.17, 15) is 0 Å². The number of anilines is 2. The van der Waals surface area contributed by atoms with E-state index in [1.54, 1.807) is 0 Å². The van der Waals surface area contributed by atoms with Crippen LogP contribution in [0.25, 0.3) is 0 Å². The molecule has 1 aromatic heterocycles. The predicted octanol–water partition coefficient (Wildman–Crippen LogP) is 2.47. The van der Waals surface area contributed by atoms with E-state index in [1.807, 2.05) is 6.07 Å². The Labute approximate surface area is 82.5 Å². The highest BCUT2D eigenvalue weighted by Crippen LogP contribution is 2.38. The minimum atomic E-state index is 0.346. The van der Waals surface area contributed by atoms with Gasteiger partial charge in [0.1, 0.15) is 10.8 Å². The SMILES string of the molecule is CCC1(Nc2cc(N)ns2)CCC1. The van der Waals surface area contributed by atoms with Crippen LogP contribution in [0, 0.1) is 0 Å². The average Bonchev–Trinajstić information content (AvgIpc) is 2.44. The maximum Gasteiger partial charge on any atom is 0.139 e. The highest BCUT2D eigenvalue weighted by Gasteiger charge is 2.35. The van der Waals surface area contributed by atoms with E-state index in [0.29, 0.717) is 11.4 Å². The maximum absolute atomic E-state index is 5.56. The zero-order valence-corrected chi connectivity index (χ0v) is 8.66. The Kier molecular flexibility index (Phi) is 2.15. The lowest BCUT2D eigenvalue weighted by atomic mass is 9.75. The fourth-order valence-corrected chi connectivity index (χ4v) is 2.47. The Bertz CT molecular complexity index is 285. The summed E-state index contributed by atoms with van der Waals surface area (Å²) in [6, 6.07) is 1.92. The molecule has 1 aliphatic carbocycles. The van der Waals surface area contributed by atoms with Crippen LogP contribution < -0.4 is 11.1 Å². The van der Waals surface area contributed by atoms with Crippen LogP contribution in [0.3, 0.4) is 0 Å².